The highest BCUT2D eigenvalue weighted by Crippen LogP contribution is 2.22. The second kappa shape index (κ2) is 9.13. The lowest BCUT2D eigenvalue weighted by molar-refractivity contribution is -0.0135. The van der Waals surface area contributed by atoms with Crippen LogP contribution < -0.4 is 0 Å². The van der Waals surface area contributed by atoms with Crippen LogP contribution in [0.3, 0.4) is 0 Å². The van der Waals surface area contributed by atoms with Crippen LogP contribution in [0.25, 0.3) is 0 Å². The summed E-state index contributed by atoms with van der Waals surface area (Å²) in [4.78, 5) is 0. The van der Waals surface area contributed by atoms with Gasteiger partial charge in [-0.1, -0.05) is 20.3 Å². The van der Waals surface area contributed by atoms with Gasteiger partial charge in [0.15, 0.2) is 0 Å². The topological polar surface area (TPSA) is 49.7 Å². The third-order valence-corrected chi connectivity index (χ3v) is 2.63. The molecule has 0 aromatic carbocycles. The van der Waals surface area contributed by atoms with Gasteiger partial charge >= 0.3 is 0 Å². The molecule has 3 nitrogen and oxygen atoms in total. The highest BCUT2D eigenvalue weighted by atomic mass is 16.5. The Balaban J connectivity index is 0.000000336. The lowest BCUT2D eigenvalue weighted by Gasteiger charge is -2.26. The summed E-state index contributed by atoms with van der Waals surface area (Å²) in [5, 5.41) is 16.0. The van der Waals surface area contributed by atoms with Gasteiger partial charge in [-0.3, -0.25) is 0 Å². The molecular weight excluding hydrogens is 192 g/mol. The Labute approximate surface area is 93.5 Å². The van der Waals surface area contributed by atoms with Gasteiger partial charge in [0.25, 0.3) is 0 Å². The van der Waals surface area contributed by atoms with Crippen molar-refractivity contribution in [3.05, 3.63) is 0 Å². The first-order chi connectivity index (χ1) is 7.10. The summed E-state index contributed by atoms with van der Waals surface area (Å²) >= 11 is 0. The van der Waals surface area contributed by atoms with Crippen LogP contribution in [0.2, 0.25) is 0 Å². The second-order valence-corrected chi connectivity index (χ2v) is 4.43. The predicted octanol–water partition coefficient (Wildman–Crippen LogP) is 1.96. The van der Waals surface area contributed by atoms with Crippen LogP contribution in [-0.4, -0.2) is 35.6 Å². The molecule has 2 N–H and O–H groups in total. The van der Waals surface area contributed by atoms with Crippen LogP contribution in [0, 0.1) is 5.92 Å². The Morgan fingerprint density at radius 2 is 1.87 bits per heavy atom. The van der Waals surface area contributed by atoms with Gasteiger partial charge in [0.05, 0.1) is 18.8 Å². The molecule has 0 aromatic heterocycles. The van der Waals surface area contributed by atoms with Crippen molar-refractivity contribution >= 4 is 0 Å². The van der Waals surface area contributed by atoms with E-state index < -0.39 is 6.10 Å². The second-order valence-electron chi connectivity index (χ2n) is 4.43. The molecule has 3 heteroatoms. The molecule has 92 valence electrons. The minimum absolute atomic E-state index is 0.139. The first-order valence-electron chi connectivity index (χ1n) is 6.00. The standard InChI is InChI=1S/C9H18O.C3H8O2/c1-3-8(2)7-10-9-5-4-6-9;1-3(5)2-4/h8-9H,3-7H2,1-2H3;3-5H,2H2,1H3. The number of aliphatic hydroxyl groups is 2. The highest BCUT2D eigenvalue weighted by Gasteiger charge is 2.17. The predicted molar refractivity (Wildman–Crippen MR) is 61.8 cm³/mol. The van der Waals surface area contributed by atoms with Crippen LogP contribution in [0.1, 0.15) is 46.5 Å². The number of ether oxygens (including phenoxy) is 1. The first kappa shape index (κ1) is 14.9. The van der Waals surface area contributed by atoms with E-state index >= 15 is 0 Å². The molecule has 1 aliphatic carbocycles. The molecule has 0 radical (unpaired) electrons. The first-order valence-corrected chi connectivity index (χ1v) is 6.00. The van der Waals surface area contributed by atoms with Crippen molar-refractivity contribution in [1.82, 2.24) is 0 Å². The van der Waals surface area contributed by atoms with Crippen molar-refractivity contribution in [1.29, 1.82) is 0 Å². The lowest BCUT2D eigenvalue weighted by atomic mass is 9.96. The zero-order valence-corrected chi connectivity index (χ0v) is 10.3. The fraction of sp³-hybridized carbons (Fsp3) is 1.00. The van der Waals surface area contributed by atoms with Crippen LogP contribution in [0.15, 0.2) is 0 Å². The smallest absolute Gasteiger partial charge is 0.0742 e. The Kier molecular flexibility index (Phi) is 9.06. The molecule has 0 aromatic rings. The van der Waals surface area contributed by atoms with Gasteiger partial charge in [-0.25, -0.2) is 0 Å². The van der Waals surface area contributed by atoms with E-state index in [9.17, 15) is 0 Å². The molecule has 0 heterocycles. The molecule has 0 spiro atoms. The minimum Gasteiger partial charge on any atom is -0.394 e. The summed E-state index contributed by atoms with van der Waals surface area (Å²) in [7, 11) is 0. The van der Waals surface area contributed by atoms with Crippen LogP contribution in [0.4, 0.5) is 0 Å². The fourth-order valence-corrected chi connectivity index (χ4v) is 0.956. The van der Waals surface area contributed by atoms with Crippen molar-refractivity contribution in [3.8, 4) is 0 Å². The quantitative estimate of drug-likeness (QED) is 0.741. The number of hydrogen-bond donors (Lipinski definition) is 2. The SMILES string of the molecule is CC(O)CO.CCC(C)COC1CCC1. The van der Waals surface area contributed by atoms with Crippen molar-refractivity contribution < 1.29 is 14.9 Å². The van der Waals surface area contributed by atoms with Crippen molar-refractivity contribution in [3.63, 3.8) is 0 Å². The maximum Gasteiger partial charge on any atom is 0.0742 e. The summed E-state index contributed by atoms with van der Waals surface area (Å²) < 4.78 is 5.63. The molecule has 1 aliphatic rings. The summed E-state index contributed by atoms with van der Waals surface area (Å²) in [6.07, 6.45) is 5.29. The van der Waals surface area contributed by atoms with E-state index in [1.807, 2.05) is 0 Å². The summed E-state index contributed by atoms with van der Waals surface area (Å²) in [6.45, 7) is 6.83. The van der Waals surface area contributed by atoms with E-state index in [0.29, 0.717) is 6.10 Å². The highest BCUT2D eigenvalue weighted by molar-refractivity contribution is 4.69. The Morgan fingerprint density at radius 1 is 1.33 bits per heavy atom. The Morgan fingerprint density at radius 3 is 2.13 bits per heavy atom. The van der Waals surface area contributed by atoms with Gasteiger partial charge in [0, 0.05) is 6.61 Å². The van der Waals surface area contributed by atoms with Crippen LogP contribution in [0.5, 0.6) is 0 Å². The number of hydrogen-bond acceptors (Lipinski definition) is 3. The molecule has 0 aliphatic heterocycles. The molecule has 15 heavy (non-hydrogen) atoms. The number of aliphatic hydroxyl groups excluding tert-OH is 2. The normalized spacial score (nSPS) is 19.8. The Hall–Kier alpha value is -0.120. The molecule has 0 amide bonds. The van der Waals surface area contributed by atoms with Gasteiger partial charge in [0.2, 0.25) is 0 Å². The van der Waals surface area contributed by atoms with Gasteiger partial charge in [0.1, 0.15) is 0 Å². The van der Waals surface area contributed by atoms with Crippen molar-refractivity contribution in [2.45, 2.75) is 58.7 Å². The van der Waals surface area contributed by atoms with Gasteiger partial charge in [-0.2, -0.15) is 0 Å². The molecule has 1 saturated carbocycles. The molecule has 1 fully saturated rings. The van der Waals surface area contributed by atoms with Gasteiger partial charge in [-0.05, 0) is 32.1 Å². The molecule has 1 rings (SSSR count). The molecular formula is C12H26O3. The summed E-state index contributed by atoms with van der Waals surface area (Å²) in [5.41, 5.74) is 0. The maximum absolute atomic E-state index is 8.11. The maximum atomic E-state index is 8.11. The third-order valence-electron chi connectivity index (χ3n) is 2.63. The van der Waals surface area contributed by atoms with E-state index in [4.69, 9.17) is 14.9 Å². The summed E-state index contributed by atoms with van der Waals surface area (Å²) in [5.74, 6) is 0.751. The minimum atomic E-state index is -0.560. The number of rotatable bonds is 5. The molecule has 2 unspecified atom stereocenters. The summed E-state index contributed by atoms with van der Waals surface area (Å²) in [6, 6.07) is 0. The van der Waals surface area contributed by atoms with Crippen LogP contribution >= 0.6 is 0 Å². The Bertz CT molecular complexity index is 128. The van der Waals surface area contributed by atoms with Gasteiger partial charge < -0.3 is 14.9 Å². The van der Waals surface area contributed by atoms with Crippen molar-refractivity contribution in [2.24, 2.45) is 5.92 Å². The van der Waals surface area contributed by atoms with E-state index in [1.165, 1.54) is 32.6 Å². The van der Waals surface area contributed by atoms with E-state index in [2.05, 4.69) is 13.8 Å². The lowest BCUT2D eigenvalue weighted by Crippen LogP contribution is -2.23. The largest absolute Gasteiger partial charge is 0.394 e. The molecule has 2 atom stereocenters. The monoisotopic (exact) mass is 218 g/mol. The van der Waals surface area contributed by atoms with Crippen LogP contribution in [-0.2, 0) is 4.74 Å². The van der Waals surface area contributed by atoms with Gasteiger partial charge in [-0.15, -0.1) is 0 Å². The third kappa shape index (κ3) is 8.85. The van der Waals surface area contributed by atoms with E-state index in [1.54, 1.807) is 0 Å². The van der Waals surface area contributed by atoms with Crippen molar-refractivity contribution in [2.75, 3.05) is 13.2 Å². The van der Waals surface area contributed by atoms with E-state index in [-0.39, 0.29) is 6.61 Å². The average molecular weight is 218 g/mol. The zero-order valence-electron chi connectivity index (χ0n) is 10.3. The van der Waals surface area contributed by atoms with E-state index in [0.717, 1.165) is 12.5 Å². The molecule has 0 saturated heterocycles. The zero-order chi connectivity index (χ0) is 11.7. The fourth-order valence-electron chi connectivity index (χ4n) is 0.956. The molecule has 0 bridgehead atoms. The average Bonchev–Trinajstić information content (AvgIpc) is 2.16.